The molecule has 0 aromatic heterocycles. The Hall–Kier alpha value is -2.44. The lowest BCUT2D eigenvalue weighted by molar-refractivity contribution is -0.384. The zero-order valence-corrected chi connectivity index (χ0v) is 14.1. The fraction of sp³-hybridized carbons (Fsp3) is 0.235. The van der Waals surface area contributed by atoms with Crippen molar-refractivity contribution in [1.29, 1.82) is 0 Å². The zero-order chi connectivity index (χ0) is 17.7. The molecule has 126 valence electrons. The van der Waals surface area contributed by atoms with Crippen LogP contribution in [0.2, 0.25) is 5.02 Å². The summed E-state index contributed by atoms with van der Waals surface area (Å²) in [6.07, 6.45) is 0. The van der Waals surface area contributed by atoms with Gasteiger partial charge in [0.2, 0.25) is 5.91 Å². The number of nitro groups is 1. The third-order valence-electron chi connectivity index (χ3n) is 3.64. The Kier molecular flexibility index (Phi) is 5.89. The lowest BCUT2D eigenvalue weighted by Crippen LogP contribution is -2.30. The molecule has 0 bridgehead atoms. The van der Waals surface area contributed by atoms with Crippen molar-refractivity contribution in [3.05, 3.63) is 68.7 Å². The predicted octanol–water partition coefficient (Wildman–Crippen LogP) is 3.85. The van der Waals surface area contributed by atoms with Gasteiger partial charge in [-0.15, -0.1) is 0 Å². The molecule has 7 heteroatoms. The highest BCUT2D eigenvalue weighted by Gasteiger charge is 2.12. The second-order valence-electron chi connectivity index (χ2n) is 5.43. The Labute approximate surface area is 145 Å². The SMILES string of the molecule is Cc1cc([N+](=O)[O-])ccc1NC(=O)CN[C@@H](C)c1ccccc1Cl. The molecule has 6 nitrogen and oxygen atoms in total. The normalized spacial score (nSPS) is 11.8. The number of nitrogens with zero attached hydrogens (tertiary/aromatic N) is 1. The fourth-order valence-corrected chi connectivity index (χ4v) is 2.58. The molecule has 2 N–H and O–H groups in total. The van der Waals surface area contributed by atoms with Crippen LogP contribution in [0.1, 0.15) is 24.1 Å². The number of hydrogen-bond acceptors (Lipinski definition) is 4. The molecule has 0 radical (unpaired) electrons. The van der Waals surface area contributed by atoms with Gasteiger partial charge in [-0.3, -0.25) is 14.9 Å². The molecule has 2 aromatic carbocycles. The zero-order valence-electron chi connectivity index (χ0n) is 13.4. The minimum atomic E-state index is -0.467. The quantitative estimate of drug-likeness (QED) is 0.614. The minimum absolute atomic E-state index is 0.00374. The van der Waals surface area contributed by atoms with Crippen molar-refractivity contribution >= 4 is 28.9 Å². The Morgan fingerprint density at radius 3 is 2.62 bits per heavy atom. The summed E-state index contributed by atoms with van der Waals surface area (Å²) in [6, 6.07) is 11.7. The maximum Gasteiger partial charge on any atom is 0.269 e. The molecule has 0 unspecified atom stereocenters. The molecule has 0 saturated carbocycles. The Morgan fingerprint density at radius 2 is 2.00 bits per heavy atom. The lowest BCUT2D eigenvalue weighted by Gasteiger charge is -2.16. The average Bonchev–Trinajstić information content (AvgIpc) is 2.54. The highest BCUT2D eigenvalue weighted by Crippen LogP contribution is 2.23. The number of carbonyl (C=O) groups excluding carboxylic acids is 1. The van der Waals surface area contributed by atoms with Gasteiger partial charge in [0.15, 0.2) is 0 Å². The summed E-state index contributed by atoms with van der Waals surface area (Å²) in [5, 5.41) is 17.2. The summed E-state index contributed by atoms with van der Waals surface area (Å²) in [4.78, 5) is 22.3. The monoisotopic (exact) mass is 347 g/mol. The van der Waals surface area contributed by atoms with Crippen molar-refractivity contribution in [3.8, 4) is 0 Å². The molecular weight excluding hydrogens is 330 g/mol. The van der Waals surface area contributed by atoms with Gasteiger partial charge in [-0.2, -0.15) is 0 Å². The van der Waals surface area contributed by atoms with Crippen molar-refractivity contribution in [2.45, 2.75) is 19.9 Å². The van der Waals surface area contributed by atoms with Crippen LogP contribution in [0.3, 0.4) is 0 Å². The first-order valence-corrected chi connectivity index (χ1v) is 7.79. The molecule has 0 aliphatic rings. The summed E-state index contributed by atoms with van der Waals surface area (Å²) >= 11 is 6.13. The van der Waals surface area contributed by atoms with Gasteiger partial charge in [-0.1, -0.05) is 29.8 Å². The first-order chi connectivity index (χ1) is 11.4. The summed E-state index contributed by atoms with van der Waals surface area (Å²) in [5.41, 5.74) is 2.10. The van der Waals surface area contributed by atoms with Crippen LogP contribution in [0.25, 0.3) is 0 Å². The van der Waals surface area contributed by atoms with Crippen LogP contribution in [0.4, 0.5) is 11.4 Å². The molecule has 2 rings (SSSR count). The molecule has 0 aliphatic carbocycles. The molecule has 0 heterocycles. The topological polar surface area (TPSA) is 84.3 Å². The van der Waals surface area contributed by atoms with Crippen molar-refractivity contribution in [3.63, 3.8) is 0 Å². The number of aryl methyl sites for hydroxylation is 1. The Bertz CT molecular complexity index is 764. The van der Waals surface area contributed by atoms with Gasteiger partial charge in [-0.05, 0) is 37.1 Å². The van der Waals surface area contributed by atoms with E-state index in [1.54, 1.807) is 13.0 Å². The van der Waals surface area contributed by atoms with E-state index in [2.05, 4.69) is 10.6 Å². The highest BCUT2D eigenvalue weighted by molar-refractivity contribution is 6.31. The maximum absolute atomic E-state index is 12.1. The summed E-state index contributed by atoms with van der Waals surface area (Å²) in [7, 11) is 0. The van der Waals surface area contributed by atoms with Gasteiger partial charge in [0.1, 0.15) is 0 Å². The van der Waals surface area contributed by atoms with E-state index in [9.17, 15) is 14.9 Å². The van der Waals surface area contributed by atoms with Crippen LogP contribution in [-0.2, 0) is 4.79 Å². The number of anilines is 1. The number of carbonyl (C=O) groups is 1. The van der Waals surface area contributed by atoms with E-state index in [1.807, 2.05) is 25.1 Å². The molecule has 0 spiro atoms. The number of non-ortho nitro benzene ring substituents is 1. The molecule has 24 heavy (non-hydrogen) atoms. The van der Waals surface area contributed by atoms with Gasteiger partial charge in [-0.25, -0.2) is 0 Å². The predicted molar refractivity (Wildman–Crippen MR) is 94.3 cm³/mol. The smallest absolute Gasteiger partial charge is 0.269 e. The number of nitrogens with one attached hydrogen (secondary N) is 2. The largest absolute Gasteiger partial charge is 0.325 e. The van der Waals surface area contributed by atoms with Crippen LogP contribution < -0.4 is 10.6 Å². The maximum atomic E-state index is 12.1. The van der Waals surface area contributed by atoms with E-state index in [-0.39, 0.29) is 24.2 Å². The number of halogens is 1. The molecule has 0 aliphatic heterocycles. The summed E-state index contributed by atoms with van der Waals surface area (Å²) < 4.78 is 0. The van der Waals surface area contributed by atoms with Crippen LogP contribution >= 0.6 is 11.6 Å². The first kappa shape index (κ1) is 17.9. The third kappa shape index (κ3) is 4.53. The fourth-order valence-electron chi connectivity index (χ4n) is 2.28. The standard InChI is InChI=1S/C17H18ClN3O3/c1-11-9-13(21(23)24)7-8-16(11)20-17(22)10-19-12(2)14-5-3-4-6-15(14)18/h3-9,12,19H,10H2,1-2H3,(H,20,22)/t12-/m0/s1. The number of rotatable bonds is 6. The van der Waals surface area contributed by atoms with Crippen LogP contribution in [-0.4, -0.2) is 17.4 Å². The van der Waals surface area contributed by atoms with Crippen LogP contribution in [0, 0.1) is 17.0 Å². The minimum Gasteiger partial charge on any atom is -0.325 e. The van der Waals surface area contributed by atoms with Crippen LogP contribution in [0.15, 0.2) is 42.5 Å². The Morgan fingerprint density at radius 1 is 1.29 bits per heavy atom. The first-order valence-electron chi connectivity index (χ1n) is 7.41. The molecule has 1 amide bonds. The van der Waals surface area contributed by atoms with Gasteiger partial charge >= 0.3 is 0 Å². The van der Waals surface area contributed by atoms with E-state index < -0.39 is 4.92 Å². The number of hydrogen-bond donors (Lipinski definition) is 2. The van der Waals surface area contributed by atoms with Crippen molar-refractivity contribution < 1.29 is 9.72 Å². The van der Waals surface area contributed by atoms with E-state index in [4.69, 9.17) is 11.6 Å². The van der Waals surface area contributed by atoms with Gasteiger partial charge in [0, 0.05) is 28.9 Å². The molecule has 0 saturated heterocycles. The lowest BCUT2D eigenvalue weighted by atomic mass is 10.1. The summed E-state index contributed by atoms with van der Waals surface area (Å²) in [6.45, 7) is 3.73. The van der Waals surface area contributed by atoms with Crippen molar-refractivity contribution in [2.75, 3.05) is 11.9 Å². The highest BCUT2D eigenvalue weighted by atomic mass is 35.5. The number of amides is 1. The van der Waals surface area contributed by atoms with Gasteiger partial charge in [0.05, 0.1) is 11.5 Å². The molecule has 1 atom stereocenters. The van der Waals surface area contributed by atoms with Gasteiger partial charge < -0.3 is 10.6 Å². The molecular formula is C17H18ClN3O3. The summed E-state index contributed by atoms with van der Waals surface area (Å²) in [5.74, 6) is -0.231. The van der Waals surface area contributed by atoms with E-state index in [0.717, 1.165) is 5.56 Å². The molecule has 0 fully saturated rings. The van der Waals surface area contributed by atoms with Crippen molar-refractivity contribution in [1.82, 2.24) is 5.32 Å². The van der Waals surface area contributed by atoms with E-state index in [0.29, 0.717) is 16.3 Å². The van der Waals surface area contributed by atoms with E-state index >= 15 is 0 Å². The Balaban J connectivity index is 1.94. The molecule has 2 aromatic rings. The van der Waals surface area contributed by atoms with Crippen molar-refractivity contribution in [2.24, 2.45) is 0 Å². The average molecular weight is 348 g/mol. The second-order valence-corrected chi connectivity index (χ2v) is 5.84. The van der Waals surface area contributed by atoms with Gasteiger partial charge in [0.25, 0.3) is 5.69 Å². The third-order valence-corrected chi connectivity index (χ3v) is 3.98. The number of nitro benzene ring substituents is 1. The number of benzene rings is 2. The van der Waals surface area contributed by atoms with Crippen LogP contribution in [0.5, 0.6) is 0 Å². The second kappa shape index (κ2) is 7.90. The van der Waals surface area contributed by atoms with E-state index in [1.165, 1.54) is 18.2 Å².